The molecular weight excluding hydrogens is 388 g/mol. The summed E-state index contributed by atoms with van der Waals surface area (Å²) < 4.78 is 28.4. The van der Waals surface area contributed by atoms with Gasteiger partial charge in [0.1, 0.15) is 5.69 Å². The zero-order chi connectivity index (χ0) is 21.1. The van der Waals surface area contributed by atoms with Gasteiger partial charge in [-0.15, -0.1) is 0 Å². The Bertz CT molecular complexity index is 1060. The van der Waals surface area contributed by atoms with Crippen LogP contribution in [-0.2, 0) is 6.54 Å². The Kier molecular flexibility index (Phi) is 5.61. The summed E-state index contributed by atoms with van der Waals surface area (Å²) in [6.07, 6.45) is 1.88. The lowest BCUT2D eigenvalue weighted by atomic mass is 10.1. The van der Waals surface area contributed by atoms with Gasteiger partial charge in [0, 0.05) is 44.5 Å². The number of carbonyl (C=O) groups is 2. The van der Waals surface area contributed by atoms with E-state index in [1.165, 1.54) is 6.07 Å². The first-order chi connectivity index (χ1) is 14.5. The molecule has 3 aromatic rings. The van der Waals surface area contributed by atoms with E-state index in [9.17, 15) is 18.4 Å². The minimum Gasteiger partial charge on any atom is -0.339 e. The third-order valence-corrected chi connectivity index (χ3v) is 5.27. The molecule has 2 heterocycles. The van der Waals surface area contributed by atoms with E-state index in [0.29, 0.717) is 38.4 Å². The van der Waals surface area contributed by atoms with Gasteiger partial charge < -0.3 is 14.4 Å². The molecule has 0 saturated carbocycles. The number of hydrogen-bond acceptors (Lipinski definition) is 2. The van der Waals surface area contributed by atoms with E-state index in [2.05, 4.69) is 0 Å². The van der Waals surface area contributed by atoms with Crippen LogP contribution >= 0.6 is 0 Å². The quantitative estimate of drug-likeness (QED) is 0.663. The Hall–Kier alpha value is -3.48. The maximum atomic E-state index is 13.4. The van der Waals surface area contributed by atoms with Crippen molar-refractivity contribution in [1.82, 2.24) is 14.4 Å². The number of halogens is 2. The lowest BCUT2D eigenvalue weighted by Gasteiger charge is -2.35. The molecule has 0 atom stereocenters. The topological polar surface area (TPSA) is 45.6 Å². The number of piperazine rings is 1. The minimum atomic E-state index is -1.05. The highest BCUT2D eigenvalue weighted by Crippen LogP contribution is 2.15. The Morgan fingerprint density at radius 2 is 1.43 bits per heavy atom. The summed E-state index contributed by atoms with van der Waals surface area (Å²) >= 11 is 0. The summed E-state index contributed by atoms with van der Waals surface area (Å²) in [5.41, 5.74) is 1.80. The van der Waals surface area contributed by atoms with Crippen molar-refractivity contribution in [3.05, 3.63) is 95.3 Å². The van der Waals surface area contributed by atoms with Crippen LogP contribution in [0.2, 0.25) is 0 Å². The van der Waals surface area contributed by atoms with Gasteiger partial charge in [0.2, 0.25) is 0 Å². The standard InChI is InChI=1S/C23H21F2N3O2/c24-19-9-8-18(15-20(19)25)22(29)26-11-13-27(14-12-26)23(30)21-7-4-10-28(21)16-17-5-2-1-3-6-17/h1-10,15H,11-14,16H2. The molecule has 1 saturated heterocycles. The lowest BCUT2D eigenvalue weighted by Crippen LogP contribution is -2.50. The molecule has 0 aliphatic carbocycles. The molecule has 30 heavy (non-hydrogen) atoms. The van der Waals surface area contributed by atoms with Crippen molar-refractivity contribution >= 4 is 11.8 Å². The van der Waals surface area contributed by atoms with E-state index in [4.69, 9.17) is 0 Å². The second-order valence-corrected chi connectivity index (χ2v) is 7.22. The zero-order valence-corrected chi connectivity index (χ0v) is 16.3. The predicted molar refractivity (Wildman–Crippen MR) is 108 cm³/mol. The molecule has 2 aromatic carbocycles. The van der Waals surface area contributed by atoms with Crippen LogP contribution in [0.5, 0.6) is 0 Å². The van der Waals surface area contributed by atoms with Crippen LogP contribution in [-0.4, -0.2) is 52.4 Å². The molecule has 0 radical (unpaired) electrons. The highest BCUT2D eigenvalue weighted by atomic mass is 19.2. The maximum Gasteiger partial charge on any atom is 0.270 e. The number of carbonyl (C=O) groups excluding carboxylic acids is 2. The number of amides is 2. The second kappa shape index (κ2) is 8.49. The monoisotopic (exact) mass is 409 g/mol. The van der Waals surface area contributed by atoms with Crippen LogP contribution in [0.15, 0.2) is 66.9 Å². The first-order valence-electron chi connectivity index (χ1n) is 9.75. The number of benzene rings is 2. The van der Waals surface area contributed by atoms with Gasteiger partial charge in [-0.25, -0.2) is 8.78 Å². The normalized spacial score (nSPS) is 14.1. The molecule has 1 aliphatic heterocycles. The van der Waals surface area contributed by atoms with E-state index in [-0.39, 0.29) is 17.4 Å². The second-order valence-electron chi connectivity index (χ2n) is 7.22. The van der Waals surface area contributed by atoms with Gasteiger partial charge in [-0.1, -0.05) is 30.3 Å². The Morgan fingerprint density at radius 3 is 2.10 bits per heavy atom. The molecule has 1 fully saturated rings. The van der Waals surface area contributed by atoms with Gasteiger partial charge >= 0.3 is 0 Å². The van der Waals surface area contributed by atoms with Crippen molar-refractivity contribution in [2.75, 3.05) is 26.2 Å². The average Bonchev–Trinajstić information content (AvgIpc) is 3.23. The van der Waals surface area contributed by atoms with E-state index in [0.717, 1.165) is 17.7 Å². The highest BCUT2D eigenvalue weighted by molar-refractivity contribution is 5.95. The van der Waals surface area contributed by atoms with Crippen molar-refractivity contribution in [1.29, 1.82) is 0 Å². The first kappa shape index (κ1) is 19.8. The highest BCUT2D eigenvalue weighted by Gasteiger charge is 2.27. The zero-order valence-electron chi connectivity index (χ0n) is 16.3. The molecule has 0 unspecified atom stereocenters. The Balaban J connectivity index is 1.40. The van der Waals surface area contributed by atoms with Crippen molar-refractivity contribution in [3.63, 3.8) is 0 Å². The van der Waals surface area contributed by atoms with Gasteiger partial charge in [0.05, 0.1) is 0 Å². The Labute approximate surface area is 173 Å². The van der Waals surface area contributed by atoms with Gasteiger partial charge in [-0.3, -0.25) is 9.59 Å². The van der Waals surface area contributed by atoms with E-state index in [1.54, 1.807) is 15.9 Å². The fourth-order valence-electron chi connectivity index (χ4n) is 3.61. The summed E-state index contributed by atoms with van der Waals surface area (Å²) in [7, 11) is 0. The first-order valence-corrected chi connectivity index (χ1v) is 9.75. The Morgan fingerprint density at radius 1 is 0.767 bits per heavy atom. The summed E-state index contributed by atoms with van der Waals surface area (Å²) in [5.74, 6) is -2.49. The van der Waals surface area contributed by atoms with Crippen molar-refractivity contribution in [2.24, 2.45) is 0 Å². The molecule has 0 bridgehead atoms. The van der Waals surface area contributed by atoms with Gasteiger partial charge in [-0.05, 0) is 35.9 Å². The van der Waals surface area contributed by atoms with E-state index in [1.807, 2.05) is 47.2 Å². The van der Waals surface area contributed by atoms with E-state index < -0.39 is 11.6 Å². The summed E-state index contributed by atoms with van der Waals surface area (Å²) in [5, 5.41) is 0. The van der Waals surface area contributed by atoms with Crippen LogP contribution in [0.3, 0.4) is 0 Å². The molecular formula is C23H21F2N3O2. The molecule has 0 spiro atoms. The van der Waals surface area contributed by atoms with Crippen molar-refractivity contribution in [3.8, 4) is 0 Å². The van der Waals surface area contributed by atoms with Crippen molar-refractivity contribution < 1.29 is 18.4 Å². The van der Waals surface area contributed by atoms with Gasteiger partial charge in [0.15, 0.2) is 11.6 Å². The van der Waals surface area contributed by atoms with Crippen LogP contribution < -0.4 is 0 Å². The van der Waals surface area contributed by atoms with Crippen LogP contribution in [0, 0.1) is 11.6 Å². The summed E-state index contributed by atoms with van der Waals surface area (Å²) in [6.45, 7) is 2.03. The summed E-state index contributed by atoms with van der Waals surface area (Å²) in [6, 6.07) is 16.7. The van der Waals surface area contributed by atoms with Gasteiger partial charge in [-0.2, -0.15) is 0 Å². The van der Waals surface area contributed by atoms with Crippen LogP contribution in [0.4, 0.5) is 8.78 Å². The predicted octanol–water partition coefficient (Wildman–Crippen LogP) is 3.41. The third-order valence-electron chi connectivity index (χ3n) is 5.27. The fraction of sp³-hybridized carbons (Fsp3) is 0.217. The molecule has 154 valence electrons. The molecule has 1 aliphatic rings. The SMILES string of the molecule is O=C(c1ccc(F)c(F)c1)N1CCN(C(=O)c2cccn2Cc2ccccc2)CC1. The molecule has 7 heteroatoms. The molecule has 1 aromatic heterocycles. The van der Waals surface area contributed by atoms with E-state index >= 15 is 0 Å². The van der Waals surface area contributed by atoms with Crippen LogP contribution in [0.1, 0.15) is 26.4 Å². The molecule has 5 nitrogen and oxygen atoms in total. The third kappa shape index (κ3) is 4.10. The minimum absolute atomic E-state index is 0.0872. The van der Waals surface area contributed by atoms with Gasteiger partial charge in [0.25, 0.3) is 11.8 Å². The molecule has 0 N–H and O–H groups in total. The van der Waals surface area contributed by atoms with Crippen LogP contribution in [0.25, 0.3) is 0 Å². The smallest absolute Gasteiger partial charge is 0.270 e. The number of nitrogens with zero attached hydrogens (tertiary/aromatic N) is 3. The molecule has 4 rings (SSSR count). The maximum absolute atomic E-state index is 13.4. The largest absolute Gasteiger partial charge is 0.339 e. The molecule has 2 amide bonds. The number of aromatic nitrogens is 1. The average molecular weight is 409 g/mol. The number of hydrogen-bond donors (Lipinski definition) is 0. The summed E-state index contributed by atoms with van der Waals surface area (Å²) in [4.78, 5) is 28.8. The van der Waals surface area contributed by atoms with Crippen molar-refractivity contribution in [2.45, 2.75) is 6.54 Å². The lowest BCUT2D eigenvalue weighted by molar-refractivity contribution is 0.0529. The fourth-order valence-corrected chi connectivity index (χ4v) is 3.61. The number of rotatable bonds is 4.